The van der Waals surface area contributed by atoms with Crippen molar-refractivity contribution < 1.29 is 22.7 Å². The van der Waals surface area contributed by atoms with Gasteiger partial charge in [0.05, 0.1) is 12.9 Å². The number of sulfonamides is 1. The summed E-state index contributed by atoms with van der Waals surface area (Å²) < 4.78 is 31.4. The van der Waals surface area contributed by atoms with E-state index in [1.165, 1.54) is 7.11 Å². The number of Topliss-reactive ketones (excluding diaryl/α,β-unsaturated/α-hetero) is 1. The average Bonchev–Trinajstić information content (AvgIpc) is 2.66. The maximum atomic E-state index is 12.1. The van der Waals surface area contributed by atoms with Gasteiger partial charge in [-0.15, -0.1) is 0 Å². The zero-order chi connectivity index (χ0) is 19.7. The highest BCUT2D eigenvalue weighted by molar-refractivity contribution is 7.92. The van der Waals surface area contributed by atoms with Crippen molar-refractivity contribution in [1.29, 1.82) is 0 Å². The summed E-state index contributed by atoms with van der Waals surface area (Å²) in [6.45, 7) is -0.0334. The molecule has 0 aliphatic rings. The zero-order valence-corrected chi connectivity index (χ0v) is 15.8. The molecule has 0 aliphatic carbocycles. The van der Waals surface area contributed by atoms with Crippen LogP contribution in [0.1, 0.15) is 23.2 Å². The molecule has 2 N–H and O–H groups in total. The first-order valence-electron chi connectivity index (χ1n) is 8.39. The molecule has 0 spiro atoms. The monoisotopic (exact) mass is 390 g/mol. The van der Waals surface area contributed by atoms with Gasteiger partial charge in [0.15, 0.2) is 5.78 Å². The van der Waals surface area contributed by atoms with E-state index in [4.69, 9.17) is 4.74 Å². The van der Waals surface area contributed by atoms with E-state index < -0.39 is 10.0 Å². The normalized spacial score (nSPS) is 10.9. The molecule has 2 aromatic carbocycles. The van der Waals surface area contributed by atoms with Crippen molar-refractivity contribution in [1.82, 2.24) is 5.32 Å². The van der Waals surface area contributed by atoms with E-state index in [-0.39, 0.29) is 36.8 Å². The highest BCUT2D eigenvalue weighted by Gasteiger charge is 2.13. The number of amides is 1. The predicted octanol–water partition coefficient (Wildman–Crippen LogP) is 2.22. The Morgan fingerprint density at radius 1 is 1.00 bits per heavy atom. The SMILES string of the molecule is COc1cccc(C(=O)CCC(=O)NCCS(=O)(=O)Nc2ccccc2)c1. The highest BCUT2D eigenvalue weighted by Crippen LogP contribution is 2.14. The minimum Gasteiger partial charge on any atom is -0.497 e. The Labute approximate surface area is 158 Å². The van der Waals surface area contributed by atoms with E-state index >= 15 is 0 Å². The van der Waals surface area contributed by atoms with Gasteiger partial charge in [0.25, 0.3) is 0 Å². The van der Waals surface area contributed by atoms with Gasteiger partial charge in [0, 0.05) is 30.6 Å². The van der Waals surface area contributed by atoms with Crippen LogP contribution in [0.2, 0.25) is 0 Å². The minimum absolute atomic E-state index is 0.0117. The Morgan fingerprint density at radius 2 is 1.74 bits per heavy atom. The molecule has 1 amide bonds. The van der Waals surface area contributed by atoms with Crippen LogP contribution < -0.4 is 14.8 Å². The molecular formula is C19H22N2O5S. The Kier molecular flexibility index (Phi) is 7.36. The van der Waals surface area contributed by atoms with Crippen molar-refractivity contribution >= 4 is 27.4 Å². The first-order valence-corrected chi connectivity index (χ1v) is 10.0. The number of hydrogen-bond acceptors (Lipinski definition) is 5. The van der Waals surface area contributed by atoms with Crippen LogP contribution in [0.4, 0.5) is 5.69 Å². The van der Waals surface area contributed by atoms with Gasteiger partial charge >= 0.3 is 0 Å². The molecule has 0 unspecified atom stereocenters. The maximum absolute atomic E-state index is 12.1. The molecule has 0 heterocycles. The van der Waals surface area contributed by atoms with Gasteiger partial charge in [-0.05, 0) is 24.3 Å². The number of anilines is 1. The topological polar surface area (TPSA) is 102 Å². The van der Waals surface area contributed by atoms with Crippen LogP contribution in [0.15, 0.2) is 54.6 Å². The number of carbonyl (C=O) groups is 2. The number of methoxy groups -OCH3 is 1. The summed E-state index contributed by atoms with van der Waals surface area (Å²) in [5.41, 5.74) is 0.935. The molecule has 2 aromatic rings. The molecule has 0 atom stereocenters. The van der Waals surface area contributed by atoms with E-state index in [0.29, 0.717) is 17.0 Å². The lowest BCUT2D eigenvalue weighted by atomic mass is 10.1. The molecule has 2 rings (SSSR count). The van der Waals surface area contributed by atoms with E-state index in [1.54, 1.807) is 54.6 Å². The molecule has 144 valence electrons. The second-order valence-corrected chi connectivity index (χ2v) is 7.63. The second-order valence-electron chi connectivity index (χ2n) is 5.79. The molecule has 0 bridgehead atoms. The van der Waals surface area contributed by atoms with Crippen LogP contribution in [0, 0.1) is 0 Å². The molecule has 27 heavy (non-hydrogen) atoms. The zero-order valence-electron chi connectivity index (χ0n) is 15.0. The number of ketones is 1. The lowest BCUT2D eigenvalue weighted by Gasteiger charge is -2.09. The lowest BCUT2D eigenvalue weighted by molar-refractivity contribution is -0.120. The maximum Gasteiger partial charge on any atom is 0.234 e. The number of para-hydroxylation sites is 1. The third kappa shape index (κ3) is 7.10. The molecule has 0 aromatic heterocycles. The van der Waals surface area contributed by atoms with Crippen molar-refractivity contribution in [3.63, 3.8) is 0 Å². The number of ether oxygens (including phenoxy) is 1. The summed E-state index contributed by atoms with van der Waals surface area (Å²) in [4.78, 5) is 24.0. The summed E-state index contributed by atoms with van der Waals surface area (Å²) in [7, 11) is -2.05. The smallest absolute Gasteiger partial charge is 0.234 e. The minimum atomic E-state index is -3.56. The largest absolute Gasteiger partial charge is 0.497 e. The molecule has 0 radical (unpaired) electrons. The third-order valence-electron chi connectivity index (χ3n) is 3.71. The van der Waals surface area contributed by atoms with Crippen LogP contribution >= 0.6 is 0 Å². The van der Waals surface area contributed by atoms with E-state index in [1.807, 2.05) is 0 Å². The summed E-state index contributed by atoms with van der Waals surface area (Å²) in [6.07, 6.45) is 0.0240. The summed E-state index contributed by atoms with van der Waals surface area (Å²) in [5.74, 6) is -0.234. The second kappa shape index (κ2) is 9.72. The van der Waals surface area contributed by atoms with Crippen LogP contribution in [0.5, 0.6) is 5.75 Å². The highest BCUT2D eigenvalue weighted by atomic mass is 32.2. The number of nitrogens with one attached hydrogen (secondary N) is 2. The molecule has 0 aliphatic heterocycles. The van der Waals surface area contributed by atoms with E-state index in [9.17, 15) is 18.0 Å². The standard InChI is InChI=1S/C19H22N2O5S/c1-26-17-9-5-6-15(14-17)18(22)10-11-19(23)20-12-13-27(24,25)21-16-7-3-2-4-8-16/h2-9,14,21H,10-13H2,1H3,(H,20,23). The van der Waals surface area contributed by atoms with Crippen molar-refractivity contribution in [2.24, 2.45) is 0 Å². The molecule has 0 saturated heterocycles. The fourth-order valence-corrected chi connectivity index (χ4v) is 3.29. The Balaban J connectivity index is 1.73. The first-order chi connectivity index (χ1) is 12.9. The average molecular weight is 390 g/mol. The Morgan fingerprint density at radius 3 is 2.44 bits per heavy atom. The summed E-state index contributed by atoms with van der Waals surface area (Å²) >= 11 is 0. The molecule has 8 heteroatoms. The molecular weight excluding hydrogens is 368 g/mol. The van der Waals surface area contributed by atoms with Gasteiger partial charge in [0.1, 0.15) is 5.75 Å². The number of benzene rings is 2. The van der Waals surface area contributed by atoms with Crippen molar-refractivity contribution in [2.75, 3.05) is 24.1 Å². The quantitative estimate of drug-likeness (QED) is 0.606. The van der Waals surface area contributed by atoms with Gasteiger partial charge < -0.3 is 10.1 Å². The fraction of sp³-hybridized carbons (Fsp3) is 0.263. The lowest BCUT2D eigenvalue weighted by Crippen LogP contribution is -2.31. The van der Waals surface area contributed by atoms with E-state index in [0.717, 1.165) is 0 Å². The van der Waals surface area contributed by atoms with Gasteiger partial charge in [0.2, 0.25) is 15.9 Å². The molecule has 0 saturated carbocycles. The van der Waals surface area contributed by atoms with Crippen molar-refractivity contribution in [2.45, 2.75) is 12.8 Å². The van der Waals surface area contributed by atoms with Crippen LogP contribution in [-0.4, -0.2) is 39.5 Å². The Hall–Kier alpha value is -2.87. The molecule has 7 nitrogen and oxygen atoms in total. The van der Waals surface area contributed by atoms with Crippen molar-refractivity contribution in [3.05, 3.63) is 60.2 Å². The van der Waals surface area contributed by atoms with Crippen LogP contribution in [0.25, 0.3) is 0 Å². The number of hydrogen-bond donors (Lipinski definition) is 2. The number of rotatable bonds is 10. The van der Waals surface area contributed by atoms with E-state index in [2.05, 4.69) is 10.0 Å². The number of carbonyl (C=O) groups excluding carboxylic acids is 2. The fourth-order valence-electron chi connectivity index (χ4n) is 2.32. The van der Waals surface area contributed by atoms with Gasteiger partial charge in [-0.25, -0.2) is 8.42 Å². The van der Waals surface area contributed by atoms with Gasteiger partial charge in [-0.3, -0.25) is 14.3 Å². The van der Waals surface area contributed by atoms with Crippen LogP contribution in [-0.2, 0) is 14.8 Å². The predicted molar refractivity (Wildman–Crippen MR) is 103 cm³/mol. The third-order valence-corrected chi connectivity index (χ3v) is 5.00. The van der Waals surface area contributed by atoms with Gasteiger partial charge in [-0.2, -0.15) is 0 Å². The van der Waals surface area contributed by atoms with Gasteiger partial charge in [-0.1, -0.05) is 30.3 Å². The van der Waals surface area contributed by atoms with Crippen molar-refractivity contribution in [3.8, 4) is 5.75 Å². The summed E-state index contributed by atoms with van der Waals surface area (Å²) in [5, 5.41) is 2.52. The Bertz CT molecular complexity index is 882. The molecule has 0 fully saturated rings. The summed E-state index contributed by atoms with van der Waals surface area (Å²) in [6, 6.07) is 15.2. The first kappa shape index (κ1) is 20.4. The van der Waals surface area contributed by atoms with Crippen LogP contribution in [0.3, 0.4) is 0 Å².